The average molecular weight is 1580 g/mol. The van der Waals surface area contributed by atoms with Crippen molar-refractivity contribution in [2.24, 2.45) is 0 Å². The minimum atomic E-state index is -1.75. The summed E-state index contributed by atoms with van der Waals surface area (Å²) >= 11 is 0. The van der Waals surface area contributed by atoms with Crippen LogP contribution in [0.15, 0.2) is 94.9 Å². The van der Waals surface area contributed by atoms with E-state index in [2.05, 4.69) is 31.8 Å². The molecule has 11 aliphatic rings. The number of anilines is 3. The third kappa shape index (κ3) is 14.8. The number of aliphatic hydroxyl groups is 6. The first-order valence-corrected chi connectivity index (χ1v) is 37.6. The van der Waals surface area contributed by atoms with Gasteiger partial charge in [-0.3, -0.25) is 42.4 Å². The molecule has 16 rings (SSSR count). The normalized spacial score (nSPS) is 39.0. The van der Waals surface area contributed by atoms with E-state index in [9.17, 15) is 64.2 Å². The maximum absolute atomic E-state index is 12.4. The molecule has 3 saturated carbocycles. The number of ether oxygens (including phenoxy) is 11. The van der Waals surface area contributed by atoms with Crippen molar-refractivity contribution in [3.63, 3.8) is 0 Å². The zero-order valence-electron chi connectivity index (χ0n) is 64.4. The van der Waals surface area contributed by atoms with Gasteiger partial charge in [-0.1, -0.05) is 35.6 Å². The molecule has 37 nitrogen and oxygen atoms in total. The second-order valence-electron chi connectivity index (χ2n) is 32.9. The number of aromatic nitrogens is 10. The van der Waals surface area contributed by atoms with Crippen LogP contribution in [0.25, 0.3) is 0 Å². The molecule has 8 saturated heterocycles. The molecule has 5 aromatic heterocycles. The van der Waals surface area contributed by atoms with Gasteiger partial charge in [-0.05, 0) is 145 Å². The first-order valence-electron chi connectivity index (χ1n) is 37.6. The lowest BCUT2D eigenvalue weighted by Gasteiger charge is -2.32. The van der Waals surface area contributed by atoms with Crippen LogP contribution < -0.4 is 56.8 Å². The van der Waals surface area contributed by atoms with Crippen LogP contribution in [0.2, 0.25) is 0 Å². The zero-order valence-corrected chi connectivity index (χ0v) is 64.4. The first kappa shape index (κ1) is 87.1. The molecule has 3 spiro atoms. The number of rotatable bonds is 10. The largest absolute Gasteiger partial charge is 0.393 e. The summed E-state index contributed by atoms with van der Waals surface area (Å²) in [5.41, 5.74) is 2.52. The smallest absolute Gasteiger partial charge is 0.351 e. The summed E-state index contributed by atoms with van der Waals surface area (Å²) in [7, 11) is 0. The number of nitrogens with zero attached hydrogens (tertiary/aromatic N) is 8. The molecule has 37 heteroatoms. The van der Waals surface area contributed by atoms with Crippen LogP contribution in [0.4, 0.5) is 17.5 Å². The molecule has 3 aliphatic carbocycles. The maximum Gasteiger partial charge on any atom is 0.351 e. The molecule has 5 aromatic rings. The summed E-state index contributed by atoms with van der Waals surface area (Å²) in [6, 6.07) is 7.01. The predicted molar refractivity (Wildman–Crippen MR) is 402 cm³/mol. The fourth-order valence-electron chi connectivity index (χ4n) is 18.0. The third-order valence-electron chi connectivity index (χ3n) is 24.4. The van der Waals surface area contributed by atoms with Crippen molar-refractivity contribution in [3.05, 3.63) is 134 Å². The number of H-pyrrole nitrogens is 2. The number of hydrogen-bond acceptors (Lipinski definition) is 30. The van der Waals surface area contributed by atoms with Gasteiger partial charge >= 0.3 is 28.4 Å². The number of aliphatic hydroxyl groups excluding tert-OH is 4. The van der Waals surface area contributed by atoms with E-state index in [1.165, 1.54) is 83.5 Å². The van der Waals surface area contributed by atoms with E-state index in [0.29, 0.717) is 6.42 Å². The summed E-state index contributed by atoms with van der Waals surface area (Å²) < 4.78 is 74.6. The van der Waals surface area contributed by atoms with E-state index in [-0.39, 0.29) is 51.1 Å². The van der Waals surface area contributed by atoms with Crippen LogP contribution in [-0.2, 0) is 52.1 Å². The van der Waals surface area contributed by atoms with Crippen molar-refractivity contribution < 1.29 is 82.7 Å². The van der Waals surface area contributed by atoms with Crippen LogP contribution in [-0.4, -0.2) is 195 Å². The van der Waals surface area contributed by atoms with Crippen molar-refractivity contribution in [2.45, 2.75) is 336 Å². The Balaban J connectivity index is 0.000000149. The highest BCUT2D eigenvalue weighted by molar-refractivity contribution is 5.27. The van der Waals surface area contributed by atoms with Crippen molar-refractivity contribution in [3.8, 4) is 0 Å². The maximum atomic E-state index is 12.4. The number of aromatic amines is 2. The Hall–Kier alpha value is -7.28. The van der Waals surface area contributed by atoms with E-state index in [4.69, 9.17) is 69.3 Å². The van der Waals surface area contributed by atoms with Crippen molar-refractivity contribution in [2.75, 3.05) is 30.4 Å². The fraction of sp³-hybridized carbons (Fsp3) is 0.733. The van der Waals surface area contributed by atoms with Crippen LogP contribution in [0.3, 0.4) is 0 Å². The van der Waals surface area contributed by atoms with Gasteiger partial charge < -0.3 is 99.9 Å². The van der Waals surface area contributed by atoms with Gasteiger partial charge in [0, 0.05) is 81.6 Å². The van der Waals surface area contributed by atoms with E-state index in [0.717, 1.165) is 99.0 Å². The highest BCUT2D eigenvalue weighted by atomic mass is 16.8. The SMILES string of the molecule is C.C.CC[C@@]1(C)O[C@@H](n2ccc(=O)[nH]c2=O)[C@]2(C)OC3(CCCC3)O[C@@H]21.CC[C@@]1(C)O[C@@H](n2ccc(N)nc2=O)[C@](C)(O)[C@@H]1O.CC[C@@]1(C)O[C@@H](n2ccc(N)nc2=O)[C@]2(C)OC3(CCCC3)O[C@@H]21.C[C@@]12OC3(CCCC3)O[C@@H]1[C@@](C)(CO)O[C@H]2n1ccc(=O)[nH]c1=O.C[C@]1(O)[C@H](n2ccc(N)nc2=O)O[C@](C)(CO)[C@H]1O. The van der Waals surface area contributed by atoms with Crippen LogP contribution in [0, 0.1) is 0 Å². The van der Waals surface area contributed by atoms with E-state index < -0.39 is 169 Å². The molecule has 112 heavy (non-hydrogen) atoms. The minimum absolute atomic E-state index is 0. The molecule has 20 atom stereocenters. The lowest BCUT2D eigenvalue weighted by atomic mass is 9.87. The molecule has 11 fully saturated rings. The molecule has 0 aromatic carbocycles. The lowest BCUT2D eigenvalue weighted by Crippen LogP contribution is -2.50. The Bertz CT molecular complexity index is 4440. The third-order valence-corrected chi connectivity index (χ3v) is 24.4. The second-order valence-corrected chi connectivity index (χ2v) is 32.9. The van der Waals surface area contributed by atoms with Gasteiger partial charge in [0.05, 0.1) is 30.0 Å². The van der Waals surface area contributed by atoms with Gasteiger partial charge in [-0.15, -0.1) is 0 Å². The van der Waals surface area contributed by atoms with Crippen LogP contribution in [0.5, 0.6) is 0 Å². The Morgan fingerprint density at radius 3 is 0.929 bits per heavy atom. The number of nitrogens with one attached hydrogen (secondary N) is 2. The lowest BCUT2D eigenvalue weighted by molar-refractivity contribution is -0.248. The van der Waals surface area contributed by atoms with Gasteiger partial charge in [0.2, 0.25) is 0 Å². The van der Waals surface area contributed by atoms with Crippen molar-refractivity contribution >= 4 is 17.5 Å². The van der Waals surface area contributed by atoms with Gasteiger partial charge in [-0.25, -0.2) is 24.0 Å². The van der Waals surface area contributed by atoms with Gasteiger partial charge in [-0.2, -0.15) is 15.0 Å². The summed E-state index contributed by atoms with van der Waals surface area (Å²) in [5.74, 6) is -1.44. The van der Waals surface area contributed by atoms with Crippen LogP contribution >= 0.6 is 0 Å². The van der Waals surface area contributed by atoms with Crippen molar-refractivity contribution in [1.82, 2.24) is 47.8 Å². The molecular formula is C75H115N13O24. The summed E-state index contributed by atoms with van der Waals surface area (Å²) in [5, 5.41) is 60.2. The van der Waals surface area contributed by atoms with E-state index in [1.54, 1.807) is 26.1 Å². The van der Waals surface area contributed by atoms with Gasteiger partial charge in [0.1, 0.15) is 87.2 Å². The molecule has 13 heterocycles. The zero-order chi connectivity index (χ0) is 80.3. The highest BCUT2D eigenvalue weighted by Crippen LogP contribution is 2.62. The molecule has 0 radical (unpaired) electrons. The molecule has 0 bridgehead atoms. The number of nitrogens with two attached hydrogens (primary N) is 3. The Kier molecular flexibility index (Phi) is 23.9. The van der Waals surface area contributed by atoms with E-state index in [1.807, 2.05) is 48.5 Å². The topological polar surface area (TPSA) is 515 Å². The Morgan fingerprint density at radius 1 is 0.393 bits per heavy atom. The standard InChI is InChI=1S/C17H25N3O4.C17H24N2O5.C16H22N2O6.C12H19N3O4.C11H17N3O5.2CH4/c1-4-15(2)12-16(3,24-17(22-12)8-5-6-9-17)13(23-15)20-10-7-11(18)19-14(20)21;1-4-15(2)12-16(3,24-17(22-12)8-5-6-9-17)13(23-15)19-10-7-11(20)18-14(19)21;1-14(9-19)11-15(2,24-16(22-11)6-3-4-7-16)12(23-14)18-8-5-10(20)17-13(18)21;1-4-11(2)8(16)12(3,18)9(19-11)15-6-5-7(13)14-10(15)17;1-10(5-15)7(16)11(2,18)8(19-10)14-4-3-6(12)13-9(14)17;;/h7,10,12-13H,4-6,8-9H2,1-3H3,(H2,18,19,21);7,10,12-13H,4-6,8-9H2,1-3H3,(H,18,20,21);5,8,11-12,19H,3-4,6-7,9H2,1-2H3,(H,17,20,21);5-6,8-9,16,18H,4H2,1-3H3,(H2,13,14,17);3-4,7-8,15-16,18H,5H2,1-2H3,(H2,12,13,17);2*1H4/t2*12-,13-,15-,16-;11-,12-,14-,15-;8-,9-,11-,12-;7-,8-,10-,11-;;/m11111../s1. The average Bonchev–Trinajstić information content (AvgIpc) is 1.54. The van der Waals surface area contributed by atoms with Gasteiger partial charge in [0.15, 0.2) is 48.5 Å². The Morgan fingerprint density at radius 2 is 0.652 bits per heavy atom. The molecule has 0 unspecified atom stereocenters. The highest BCUT2D eigenvalue weighted by Gasteiger charge is 2.74. The Labute approximate surface area is 646 Å². The number of fused-ring (bicyclic) bond motifs is 3. The second kappa shape index (κ2) is 30.7. The molecule has 14 N–H and O–H groups in total. The molecule has 0 amide bonds. The monoisotopic (exact) mass is 1580 g/mol. The quantitative estimate of drug-likeness (QED) is 0.0957. The van der Waals surface area contributed by atoms with Crippen LogP contribution in [0.1, 0.15) is 232 Å². The summed E-state index contributed by atoms with van der Waals surface area (Å²) in [6.07, 6.45) is 13.0. The van der Waals surface area contributed by atoms with Gasteiger partial charge in [0.25, 0.3) is 11.1 Å². The number of nitrogen functional groups attached to an aromatic ring is 3. The molecule has 624 valence electrons. The summed E-state index contributed by atoms with van der Waals surface area (Å²) in [6.45, 7) is 22.7. The number of hydrogen-bond donors (Lipinski definition) is 11. The van der Waals surface area contributed by atoms with Crippen molar-refractivity contribution in [1.29, 1.82) is 0 Å². The molecular weight excluding hydrogens is 1470 g/mol. The summed E-state index contributed by atoms with van der Waals surface area (Å²) in [4.78, 5) is 98.7. The predicted octanol–water partition coefficient (Wildman–Crippen LogP) is 3.03. The minimum Gasteiger partial charge on any atom is -0.393 e. The first-order chi connectivity index (χ1) is 51.4. The molecule has 8 aliphatic heterocycles. The fourth-order valence-corrected chi connectivity index (χ4v) is 18.0. The van der Waals surface area contributed by atoms with E-state index >= 15 is 0 Å².